The molecule has 2 N–H and O–H groups in total. The van der Waals surface area contributed by atoms with E-state index in [0.29, 0.717) is 12.8 Å². The van der Waals surface area contributed by atoms with Gasteiger partial charge in [0.15, 0.2) is 0 Å². The summed E-state index contributed by atoms with van der Waals surface area (Å²) in [6.07, 6.45) is 4.73. The van der Waals surface area contributed by atoms with Crippen LogP contribution in [0.15, 0.2) is 36.4 Å². The maximum absolute atomic E-state index is 11.2. The molecule has 0 atom stereocenters. The van der Waals surface area contributed by atoms with Gasteiger partial charge in [0.1, 0.15) is 6.54 Å². The molecule has 17 heavy (non-hydrogen) atoms. The van der Waals surface area contributed by atoms with E-state index in [1.807, 2.05) is 42.5 Å². The number of carboxylic acid groups (broad SMARTS) is 1. The van der Waals surface area contributed by atoms with Crippen LogP contribution >= 0.6 is 0 Å². The van der Waals surface area contributed by atoms with Gasteiger partial charge in [-0.2, -0.15) is 0 Å². The molecule has 0 saturated carbocycles. The standard InChI is InChI=1S/C13H15NO3/c15-12(14-10-13(16)17)9-5-4-8-11-6-2-1-3-7-11/h1-4,6-8H,5,9-10H2,(H,14,15)(H,16,17)/b8-4+. The molecule has 0 aliphatic carbocycles. The topological polar surface area (TPSA) is 66.4 Å². The molecule has 0 aliphatic heterocycles. The molecule has 0 fully saturated rings. The summed E-state index contributed by atoms with van der Waals surface area (Å²) in [7, 11) is 0. The number of amides is 1. The fraction of sp³-hybridized carbons (Fsp3) is 0.231. The van der Waals surface area contributed by atoms with Gasteiger partial charge in [0.2, 0.25) is 5.91 Å². The van der Waals surface area contributed by atoms with Gasteiger partial charge in [0.05, 0.1) is 0 Å². The number of hydrogen-bond donors (Lipinski definition) is 2. The second-order valence-corrected chi connectivity index (χ2v) is 3.52. The Balaban J connectivity index is 2.21. The minimum Gasteiger partial charge on any atom is -0.480 e. The highest BCUT2D eigenvalue weighted by molar-refractivity contribution is 5.81. The maximum Gasteiger partial charge on any atom is 0.322 e. The molecule has 0 bridgehead atoms. The van der Waals surface area contributed by atoms with Crippen LogP contribution < -0.4 is 5.32 Å². The second-order valence-electron chi connectivity index (χ2n) is 3.52. The van der Waals surface area contributed by atoms with Gasteiger partial charge in [0, 0.05) is 6.42 Å². The number of rotatable bonds is 6. The normalized spacial score (nSPS) is 10.4. The number of carbonyl (C=O) groups is 2. The molecule has 0 unspecified atom stereocenters. The molecular weight excluding hydrogens is 218 g/mol. The monoisotopic (exact) mass is 233 g/mol. The van der Waals surface area contributed by atoms with E-state index in [1.165, 1.54) is 0 Å². The van der Waals surface area contributed by atoms with Crippen molar-refractivity contribution in [2.24, 2.45) is 0 Å². The Morgan fingerprint density at radius 3 is 2.59 bits per heavy atom. The van der Waals surface area contributed by atoms with E-state index in [0.717, 1.165) is 5.56 Å². The first kappa shape index (κ1) is 13.0. The highest BCUT2D eigenvalue weighted by Gasteiger charge is 2.01. The third kappa shape index (κ3) is 6.14. The van der Waals surface area contributed by atoms with Crippen molar-refractivity contribution in [1.29, 1.82) is 0 Å². The van der Waals surface area contributed by atoms with Gasteiger partial charge >= 0.3 is 5.97 Å². The molecule has 90 valence electrons. The lowest BCUT2D eigenvalue weighted by atomic mass is 10.2. The van der Waals surface area contributed by atoms with Crippen LogP contribution in [0.5, 0.6) is 0 Å². The summed E-state index contributed by atoms with van der Waals surface area (Å²) in [6, 6.07) is 9.77. The van der Waals surface area contributed by atoms with E-state index in [1.54, 1.807) is 0 Å². The molecule has 1 rings (SSSR count). The molecule has 1 amide bonds. The van der Waals surface area contributed by atoms with Crippen molar-refractivity contribution in [2.45, 2.75) is 12.8 Å². The molecule has 1 aromatic rings. The highest BCUT2D eigenvalue weighted by atomic mass is 16.4. The Morgan fingerprint density at radius 2 is 1.94 bits per heavy atom. The largest absolute Gasteiger partial charge is 0.480 e. The third-order valence-corrected chi connectivity index (χ3v) is 2.08. The number of carbonyl (C=O) groups excluding carboxylic acids is 1. The molecule has 0 aromatic heterocycles. The van der Waals surface area contributed by atoms with Gasteiger partial charge in [-0.15, -0.1) is 0 Å². The molecule has 4 heteroatoms. The molecule has 0 spiro atoms. The summed E-state index contributed by atoms with van der Waals surface area (Å²) >= 11 is 0. The van der Waals surface area contributed by atoms with Gasteiger partial charge in [-0.1, -0.05) is 42.5 Å². The first-order valence-electron chi connectivity index (χ1n) is 5.38. The molecule has 0 radical (unpaired) electrons. The SMILES string of the molecule is O=C(O)CNC(=O)CC/C=C/c1ccccc1. The molecule has 1 aromatic carbocycles. The van der Waals surface area contributed by atoms with Crippen molar-refractivity contribution in [3.8, 4) is 0 Å². The number of benzene rings is 1. The van der Waals surface area contributed by atoms with E-state index < -0.39 is 5.97 Å². The number of allylic oxidation sites excluding steroid dienone is 1. The average molecular weight is 233 g/mol. The summed E-state index contributed by atoms with van der Waals surface area (Å²) in [5, 5.41) is 10.7. The summed E-state index contributed by atoms with van der Waals surface area (Å²) in [5.74, 6) is -1.27. The zero-order valence-corrected chi connectivity index (χ0v) is 9.43. The predicted molar refractivity (Wildman–Crippen MR) is 65.4 cm³/mol. The Bertz CT molecular complexity index is 398. The van der Waals surface area contributed by atoms with Crippen LogP contribution in [-0.4, -0.2) is 23.5 Å². The van der Waals surface area contributed by atoms with Crippen molar-refractivity contribution in [3.63, 3.8) is 0 Å². The van der Waals surface area contributed by atoms with Crippen molar-refractivity contribution < 1.29 is 14.7 Å². The third-order valence-electron chi connectivity index (χ3n) is 2.08. The van der Waals surface area contributed by atoms with Crippen LogP contribution in [-0.2, 0) is 9.59 Å². The van der Waals surface area contributed by atoms with Crippen LogP contribution in [0, 0.1) is 0 Å². The number of aliphatic carboxylic acids is 1. The zero-order chi connectivity index (χ0) is 12.5. The smallest absolute Gasteiger partial charge is 0.322 e. The van der Waals surface area contributed by atoms with Gasteiger partial charge in [-0.25, -0.2) is 0 Å². The van der Waals surface area contributed by atoms with Gasteiger partial charge in [-0.05, 0) is 12.0 Å². The minimum absolute atomic E-state index is 0.245. The van der Waals surface area contributed by atoms with Crippen LogP contribution in [0.4, 0.5) is 0 Å². The van der Waals surface area contributed by atoms with Gasteiger partial charge in [0.25, 0.3) is 0 Å². The second kappa shape index (κ2) is 7.22. The van der Waals surface area contributed by atoms with E-state index in [2.05, 4.69) is 5.32 Å². The molecular formula is C13H15NO3. The Morgan fingerprint density at radius 1 is 1.24 bits per heavy atom. The summed E-state index contributed by atoms with van der Waals surface area (Å²) in [6.45, 7) is -0.318. The average Bonchev–Trinajstić information content (AvgIpc) is 2.33. The van der Waals surface area contributed by atoms with Crippen LogP contribution in [0.25, 0.3) is 6.08 Å². The maximum atomic E-state index is 11.2. The predicted octanol–water partition coefficient (Wildman–Crippen LogP) is 1.68. The van der Waals surface area contributed by atoms with E-state index in [4.69, 9.17) is 5.11 Å². The Hall–Kier alpha value is -2.10. The zero-order valence-electron chi connectivity index (χ0n) is 9.43. The van der Waals surface area contributed by atoms with Crippen molar-refractivity contribution in [2.75, 3.05) is 6.54 Å². The van der Waals surface area contributed by atoms with Crippen molar-refractivity contribution in [1.82, 2.24) is 5.32 Å². The lowest BCUT2D eigenvalue weighted by Crippen LogP contribution is -2.28. The van der Waals surface area contributed by atoms with E-state index in [9.17, 15) is 9.59 Å². The number of carboxylic acids is 1. The fourth-order valence-electron chi connectivity index (χ4n) is 1.26. The van der Waals surface area contributed by atoms with E-state index >= 15 is 0 Å². The number of hydrogen-bond acceptors (Lipinski definition) is 2. The Kier molecular flexibility index (Phi) is 5.51. The van der Waals surface area contributed by atoms with Crippen molar-refractivity contribution in [3.05, 3.63) is 42.0 Å². The highest BCUT2D eigenvalue weighted by Crippen LogP contribution is 2.02. The van der Waals surface area contributed by atoms with Crippen LogP contribution in [0.2, 0.25) is 0 Å². The number of nitrogens with one attached hydrogen (secondary N) is 1. The van der Waals surface area contributed by atoms with Gasteiger partial charge in [-0.3, -0.25) is 9.59 Å². The van der Waals surface area contributed by atoms with Crippen LogP contribution in [0.3, 0.4) is 0 Å². The fourth-order valence-corrected chi connectivity index (χ4v) is 1.26. The lowest BCUT2D eigenvalue weighted by molar-refractivity contribution is -0.137. The molecule has 0 aliphatic rings. The summed E-state index contributed by atoms with van der Waals surface area (Å²) in [5.41, 5.74) is 1.08. The molecule has 0 heterocycles. The minimum atomic E-state index is -1.03. The molecule has 0 saturated heterocycles. The first-order chi connectivity index (χ1) is 8.18. The summed E-state index contributed by atoms with van der Waals surface area (Å²) in [4.78, 5) is 21.3. The van der Waals surface area contributed by atoms with Gasteiger partial charge < -0.3 is 10.4 Å². The van der Waals surface area contributed by atoms with Crippen LogP contribution in [0.1, 0.15) is 18.4 Å². The van der Waals surface area contributed by atoms with E-state index in [-0.39, 0.29) is 12.5 Å². The van der Waals surface area contributed by atoms with Crippen molar-refractivity contribution >= 4 is 18.0 Å². The first-order valence-corrected chi connectivity index (χ1v) is 5.38. The molecule has 4 nitrogen and oxygen atoms in total. The Labute approximate surface area is 100.0 Å². The quantitative estimate of drug-likeness (QED) is 0.785. The summed E-state index contributed by atoms with van der Waals surface area (Å²) < 4.78 is 0. The lowest BCUT2D eigenvalue weighted by Gasteiger charge is -1.99.